The maximum Gasteiger partial charge on any atom is 0.170 e. The lowest BCUT2D eigenvalue weighted by Crippen LogP contribution is -2.29. The summed E-state index contributed by atoms with van der Waals surface area (Å²) in [6.07, 6.45) is -1.26. The first kappa shape index (κ1) is 22.0. The molecule has 0 aliphatic rings. The summed E-state index contributed by atoms with van der Waals surface area (Å²) in [5.74, 6) is -11.6. The Bertz CT molecular complexity index is 992. The van der Waals surface area contributed by atoms with E-state index in [0.29, 0.717) is 0 Å². The van der Waals surface area contributed by atoms with E-state index in [1.807, 2.05) is 0 Å². The number of halogens is 6. The zero-order valence-electron chi connectivity index (χ0n) is 14.7. The van der Waals surface area contributed by atoms with E-state index in [-0.39, 0.29) is 25.1 Å². The molecule has 0 aliphatic heterocycles. The highest BCUT2D eigenvalue weighted by Gasteiger charge is 2.41. The number of carbonyl (C=O) groups is 4. The van der Waals surface area contributed by atoms with Crippen LogP contribution in [0.5, 0.6) is 0 Å². The van der Waals surface area contributed by atoms with Gasteiger partial charge in [-0.25, -0.2) is 26.3 Å². The predicted octanol–water partition coefficient (Wildman–Crippen LogP) is 4.10. The predicted molar refractivity (Wildman–Crippen MR) is 86.3 cm³/mol. The molecule has 4 nitrogen and oxygen atoms in total. The molecule has 0 aliphatic carbocycles. The zero-order valence-corrected chi connectivity index (χ0v) is 14.7. The molecule has 0 radical (unpaired) electrons. The topological polar surface area (TPSA) is 68.3 Å². The molecule has 2 aromatic carbocycles. The number of aldehydes is 4. The standard InChI is InChI=1S/C19H10F6O4/c1-19(2,11-13(20)7(3-26)9(5-28)15(22)17(11)24)12-14(21)8(4-27)10(6-29)16(23)18(12)25/h3-6H,1-2H3. The van der Waals surface area contributed by atoms with Gasteiger partial charge < -0.3 is 0 Å². The number of hydrogen-bond donors (Lipinski definition) is 0. The van der Waals surface area contributed by atoms with Gasteiger partial charge in [-0.15, -0.1) is 0 Å². The summed E-state index contributed by atoms with van der Waals surface area (Å²) < 4.78 is 87.0. The van der Waals surface area contributed by atoms with Gasteiger partial charge >= 0.3 is 0 Å². The van der Waals surface area contributed by atoms with Crippen LogP contribution in [0.1, 0.15) is 66.4 Å². The van der Waals surface area contributed by atoms with Crippen molar-refractivity contribution in [1.29, 1.82) is 0 Å². The van der Waals surface area contributed by atoms with Gasteiger partial charge in [0.25, 0.3) is 0 Å². The van der Waals surface area contributed by atoms with Gasteiger partial charge in [-0.05, 0) is 0 Å². The van der Waals surface area contributed by atoms with Crippen LogP contribution in [0, 0.1) is 34.9 Å². The molecule has 0 unspecified atom stereocenters. The lowest BCUT2D eigenvalue weighted by molar-refractivity contribution is 0.108. The molecule has 152 valence electrons. The van der Waals surface area contributed by atoms with Crippen molar-refractivity contribution in [3.8, 4) is 0 Å². The summed E-state index contributed by atoms with van der Waals surface area (Å²) in [6.45, 7) is 1.53. The van der Waals surface area contributed by atoms with Crippen LogP contribution in [0.25, 0.3) is 0 Å². The van der Waals surface area contributed by atoms with E-state index in [2.05, 4.69) is 0 Å². The molecule has 29 heavy (non-hydrogen) atoms. The maximum absolute atomic E-state index is 14.8. The molecule has 0 amide bonds. The summed E-state index contributed by atoms with van der Waals surface area (Å²) in [5.41, 5.74) is -10.3. The molecule has 10 heteroatoms. The van der Waals surface area contributed by atoms with Crippen molar-refractivity contribution in [1.82, 2.24) is 0 Å². The van der Waals surface area contributed by atoms with Gasteiger partial charge in [0.1, 0.15) is 11.6 Å². The maximum atomic E-state index is 14.8. The van der Waals surface area contributed by atoms with E-state index < -0.39 is 73.7 Å². The van der Waals surface area contributed by atoms with Gasteiger partial charge in [-0.3, -0.25) is 19.2 Å². The average Bonchev–Trinajstić information content (AvgIpc) is 2.66. The Morgan fingerprint density at radius 2 is 0.724 bits per heavy atom. The van der Waals surface area contributed by atoms with Crippen molar-refractivity contribution >= 4 is 25.1 Å². The Morgan fingerprint density at radius 3 is 0.966 bits per heavy atom. The van der Waals surface area contributed by atoms with Crippen LogP contribution in [0.15, 0.2) is 0 Å². The normalized spacial score (nSPS) is 11.3. The Morgan fingerprint density at radius 1 is 0.483 bits per heavy atom. The third-order valence-electron chi connectivity index (χ3n) is 4.51. The van der Waals surface area contributed by atoms with Crippen molar-refractivity contribution in [3.05, 3.63) is 68.3 Å². The van der Waals surface area contributed by atoms with Crippen molar-refractivity contribution < 1.29 is 45.5 Å². The van der Waals surface area contributed by atoms with Gasteiger partial charge in [0, 0.05) is 16.5 Å². The molecular formula is C19H10F6O4. The van der Waals surface area contributed by atoms with Crippen LogP contribution < -0.4 is 0 Å². The fourth-order valence-corrected chi connectivity index (χ4v) is 3.07. The SMILES string of the molecule is CC(C)(c1c(F)c(F)c(C=O)c(C=O)c1F)c1c(F)c(F)c(C=O)c(C=O)c1F. The van der Waals surface area contributed by atoms with Crippen LogP contribution in [-0.2, 0) is 5.41 Å². The highest BCUT2D eigenvalue weighted by atomic mass is 19.2. The lowest BCUT2D eigenvalue weighted by atomic mass is 9.74. The smallest absolute Gasteiger partial charge is 0.170 e. The molecule has 0 bridgehead atoms. The minimum Gasteiger partial charge on any atom is -0.298 e. The minimum absolute atomic E-state index is 0.305. The molecule has 0 N–H and O–H groups in total. The number of hydrogen-bond acceptors (Lipinski definition) is 4. The first-order valence-corrected chi connectivity index (χ1v) is 7.73. The van der Waals surface area contributed by atoms with E-state index in [0.717, 1.165) is 13.8 Å². The van der Waals surface area contributed by atoms with E-state index in [9.17, 15) is 45.5 Å². The first-order chi connectivity index (χ1) is 13.5. The third-order valence-corrected chi connectivity index (χ3v) is 4.51. The van der Waals surface area contributed by atoms with Gasteiger partial charge in [-0.1, -0.05) is 13.8 Å². The fourth-order valence-electron chi connectivity index (χ4n) is 3.07. The molecule has 0 aromatic heterocycles. The fraction of sp³-hybridized carbons (Fsp3) is 0.158. The molecular weight excluding hydrogens is 406 g/mol. The summed E-state index contributed by atoms with van der Waals surface area (Å²) in [6, 6.07) is 0. The molecule has 0 saturated carbocycles. The van der Waals surface area contributed by atoms with Gasteiger partial charge in [-0.2, -0.15) is 0 Å². The lowest BCUT2D eigenvalue weighted by Gasteiger charge is -2.29. The second-order valence-electron chi connectivity index (χ2n) is 6.38. The van der Waals surface area contributed by atoms with Crippen LogP contribution in [0.3, 0.4) is 0 Å². The van der Waals surface area contributed by atoms with E-state index in [1.54, 1.807) is 0 Å². The molecule has 0 saturated heterocycles. The first-order valence-electron chi connectivity index (χ1n) is 7.73. The van der Waals surface area contributed by atoms with E-state index in [4.69, 9.17) is 0 Å². The minimum atomic E-state index is -2.54. The van der Waals surface area contributed by atoms with Crippen molar-refractivity contribution in [2.75, 3.05) is 0 Å². The van der Waals surface area contributed by atoms with Crippen LogP contribution in [0.2, 0.25) is 0 Å². The molecule has 0 atom stereocenters. The molecule has 0 spiro atoms. The second kappa shape index (κ2) is 7.61. The highest BCUT2D eigenvalue weighted by Crippen LogP contribution is 2.41. The molecule has 2 rings (SSSR count). The third kappa shape index (κ3) is 3.04. The second-order valence-corrected chi connectivity index (χ2v) is 6.38. The quantitative estimate of drug-likeness (QED) is 0.404. The van der Waals surface area contributed by atoms with E-state index in [1.165, 1.54) is 0 Å². The number of benzene rings is 2. The van der Waals surface area contributed by atoms with Crippen LogP contribution in [0.4, 0.5) is 26.3 Å². The summed E-state index contributed by atoms with van der Waals surface area (Å²) >= 11 is 0. The summed E-state index contributed by atoms with van der Waals surface area (Å²) in [4.78, 5) is 43.9. The van der Waals surface area contributed by atoms with Gasteiger partial charge in [0.2, 0.25) is 0 Å². The highest BCUT2D eigenvalue weighted by molar-refractivity contribution is 5.92. The average molecular weight is 416 g/mol. The van der Waals surface area contributed by atoms with E-state index >= 15 is 0 Å². The molecule has 2 aromatic rings. The van der Waals surface area contributed by atoms with Crippen molar-refractivity contribution in [2.24, 2.45) is 0 Å². The Kier molecular flexibility index (Phi) is 5.77. The summed E-state index contributed by atoms with van der Waals surface area (Å²) in [5, 5.41) is 0. The van der Waals surface area contributed by atoms with Crippen LogP contribution in [-0.4, -0.2) is 25.1 Å². The number of rotatable bonds is 6. The molecule has 0 heterocycles. The Balaban J connectivity index is 3.06. The Hall–Kier alpha value is -3.30. The zero-order chi connectivity index (χ0) is 22.3. The largest absolute Gasteiger partial charge is 0.298 e. The van der Waals surface area contributed by atoms with Crippen molar-refractivity contribution in [3.63, 3.8) is 0 Å². The van der Waals surface area contributed by atoms with Crippen LogP contribution >= 0.6 is 0 Å². The Labute approximate surface area is 159 Å². The monoisotopic (exact) mass is 416 g/mol. The van der Waals surface area contributed by atoms with Gasteiger partial charge in [0.15, 0.2) is 48.4 Å². The summed E-state index contributed by atoms with van der Waals surface area (Å²) in [7, 11) is 0. The number of carbonyl (C=O) groups excluding carboxylic acids is 4. The molecule has 0 fully saturated rings. The van der Waals surface area contributed by atoms with Crippen molar-refractivity contribution in [2.45, 2.75) is 19.3 Å². The van der Waals surface area contributed by atoms with Gasteiger partial charge in [0.05, 0.1) is 22.3 Å².